The Morgan fingerprint density at radius 2 is 1.59 bits per heavy atom. The number of terminal acetylenes is 1. The van der Waals surface area contributed by atoms with Crippen molar-refractivity contribution in [3.8, 4) is 12.3 Å². The fourth-order valence-corrected chi connectivity index (χ4v) is 2.93. The van der Waals surface area contributed by atoms with Gasteiger partial charge in [-0.2, -0.15) is 0 Å². The monoisotopic (exact) mass is 428 g/mol. The Kier molecular flexibility index (Phi) is 6.66. The molecule has 0 radical (unpaired) electrons. The van der Waals surface area contributed by atoms with Gasteiger partial charge in [-0.1, -0.05) is 24.1 Å². The third-order valence-electron chi connectivity index (χ3n) is 4.66. The minimum atomic E-state index is -0.762. The van der Waals surface area contributed by atoms with E-state index in [1.807, 2.05) is 0 Å². The number of nitrogens with one attached hydrogen (secondary N) is 3. The molecule has 0 spiro atoms. The molecule has 2 amide bonds. The molecule has 0 fully saturated rings. The second-order valence-corrected chi connectivity index (χ2v) is 7.11. The molecule has 0 aliphatic carbocycles. The second kappa shape index (κ2) is 9.58. The van der Waals surface area contributed by atoms with Gasteiger partial charge in [0.2, 0.25) is 0 Å². The van der Waals surface area contributed by atoms with Crippen LogP contribution in [0, 0.1) is 23.6 Å². The molecule has 3 N–H and O–H groups in total. The number of amides is 2. The number of rotatable bonds is 5. The van der Waals surface area contributed by atoms with Crippen LogP contribution in [0.5, 0.6) is 0 Å². The summed E-state index contributed by atoms with van der Waals surface area (Å²) in [5.41, 5.74) is 1.83. The smallest absolute Gasteiger partial charge is 0.258 e. The second-order valence-electron chi connectivity index (χ2n) is 7.11. The maximum absolute atomic E-state index is 14.6. The number of halogens is 1. The average molecular weight is 428 g/mol. The first kappa shape index (κ1) is 22.2. The number of amidine groups is 1. The number of anilines is 2. The van der Waals surface area contributed by atoms with Gasteiger partial charge in [-0.05, 0) is 48.5 Å². The van der Waals surface area contributed by atoms with Gasteiger partial charge in [-0.25, -0.2) is 4.39 Å². The lowest BCUT2D eigenvalue weighted by atomic mass is 10.1. The summed E-state index contributed by atoms with van der Waals surface area (Å²) in [5.74, 6) is 0.712. The molecule has 0 unspecified atom stereocenters. The Hall–Kier alpha value is -4.44. The largest absolute Gasteiger partial charge is 0.363 e. The van der Waals surface area contributed by atoms with Crippen LogP contribution in [0.25, 0.3) is 0 Å². The van der Waals surface area contributed by atoms with Crippen molar-refractivity contribution < 1.29 is 14.0 Å². The Labute approximate surface area is 185 Å². The Morgan fingerprint density at radius 3 is 2.22 bits per heavy atom. The van der Waals surface area contributed by atoms with Gasteiger partial charge in [0.05, 0.1) is 16.8 Å². The molecular weight excluding hydrogens is 407 g/mol. The molecule has 3 aromatic carbocycles. The topological polar surface area (TPSA) is 85.3 Å². The van der Waals surface area contributed by atoms with E-state index in [4.69, 9.17) is 11.8 Å². The van der Waals surface area contributed by atoms with Gasteiger partial charge in [0.1, 0.15) is 11.7 Å². The quantitative estimate of drug-likeness (QED) is 0.324. The number of carbonyl (C=O) groups is 2. The number of carbonyl (C=O) groups excluding carboxylic acids is 2. The van der Waals surface area contributed by atoms with E-state index in [1.54, 1.807) is 62.6 Å². The van der Waals surface area contributed by atoms with Crippen molar-refractivity contribution in [1.29, 1.82) is 5.41 Å². The van der Waals surface area contributed by atoms with Gasteiger partial charge in [-0.15, -0.1) is 6.42 Å². The molecule has 3 rings (SSSR count). The summed E-state index contributed by atoms with van der Waals surface area (Å²) in [6, 6.07) is 17.1. The highest BCUT2D eigenvalue weighted by Gasteiger charge is 2.18. The highest BCUT2D eigenvalue weighted by molar-refractivity contribution is 6.12. The number of benzene rings is 3. The predicted octanol–water partition coefficient (Wildman–Crippen LogP) is 4.20. The van der Waals surface area contributed by atoms with Gasteiger partial charge in [0, 0.05) is 30.9 Å². The fourth-order valence-electron chi connectivity index (χ4n) is 2.93. The standard InChI is InChI=1S/C25H21FN4O2/c1-4-16-9-12-18(13-10-16)28-25(32)20-7-5-6-8-22(20)29-24(31)19-14-11-17(15-21(19)26)23(27)30(2)3/h1,5-15,27H,2-3H3,(H,28,32)(H,29,31). The van der Waals surface area contributed by atoms with Crippen LogP contribution in [0.4, 0.5) is 15.8 Å². The number of nitrogens with zero attached hydrogens (tertiary/aromatic N) is 1. The zero-order valence-electron chi connectivity index (χ0n) is 17.6. The maximum Gasteiger partial charge on any atom is 0.258 e. The minimum absolute atomic E-state index is 0.119. The van der Waals surface area contributed by atoms with Crippen molar-refractivity contribution in [2.24, 2.45) is 0 Å². The molecule has 6 nitrogen and oxygen atoms in total. The molecule has 0 saturated heterocycles. The first-order chi connectivity index (χ1) is 15.3. The maximum atomic E-state index is 14.6. The Bertz CT molecular complexity index is 1230. The molecule has 32 heavy (non-hydrogen) atoms. The van der Waals surface area contributed by atoms with Crippen LogP contribution in [0.2, 0.25) is 0 Å². The van der Waals surface area contributed by atoms with Gasteiger partial charge >= 0.3 is 0 Å². The van der Waals surface area contributed by atoms with Crippen LogP contribution in [0.3, 0.4) is 0 Å². The molecule has 0 saturated carbocycles. The minimum Gasteiger partial charge on any atom is -0.363 e. The third-order valence-corrected chi connectivity index (χ3v) is 4.66. The summed E-state index contributed by atoms with van der Waals surface area (Å²) >= 11 is 0. The Balaban J connectivity index is 1.80. The van der Waals surface area contributed by atoms with Crippen molar-refractivity contribution in [3.63, 3.8) is 0 Å². The third kappa shape index (κ3) is 4.99. The lowest BCUT2D eigenvalue weighted by Crippen LogP contribution is -2.23. The lowest BCUT2D eigenvalue weighted by Gasteiger charge is -2.15. The summed E-state index contributed by atoms with van der Waals surface area (Å²) < 4.78 is 14.6. The van der Waals surface area contributed by atoms with E-state index in [1.165, 1.54) is 17.0 Å². The summed E-state index contributed by atoms with van der Waals surface area (Å²) in [6.07, 6.45) is 5.34. The normalized spacial score (nSPS) is 10.1. The molecule has 0 aliphatic rings. The van der Waals surface area contributed by atoms with Crippen molar-refractivity contribution in [1.82, 2.24) is 4.90 Å². The first-order valence-electron chi connectivity index (χ1n) is 9.64. The van der Waals surface area contributed by atoms with E-state index in [-0.39, 0.29) is 22.6 Å². The van der Waals surface area contributed by atoms with Crippen LogP contribution < -0.4 is 10.6 Å². The highest BCUT2D eigenvalue weighted by atomic mass is 19.1. The molecular formula is C25H21FN4O2. The highest BCUT2D eigenvalue weighted by Crippen LogP contribution is 2.20. The van der Waals surface area contributed by atoms with Crippen molar-refractivity contribution >= 4 is 29.0 Å². The van der Waals surface area contributed by atoms with Gasteiger partial charge in [0.15, 0.2) is 0 Å². The fraction of sp³-hybridized carbons (Fsp3) is 0.0800. The number of hydrogen-bond acceptors (Lipinski definition) is 3. The Morgan fingerprint density at radius 1 is 0.938 bits per heavy atom. The molecule has 0 aliphatic heterocycles. The average Bonchev–Trinajstić information content (AvgIpc) is 2.79. The van der Waals surface area contributed by atoms with E-state index in [9.17, 15) is 14.0 Å². The SMILES string of the molecule is C#Cc1ccc(NC(=O)c2ccccc2NC(=O)c2ccc(C(=N)N(C)C)cc2F)cc1. The van der Waals surface area contributed by atoms with Crippen LogP contribution in [0.15, 0.2) is 66.7 Å². The molecule has 0 heterocycles. The number of hydrogen-bond donors (Lipinski definition) is 3. The molecule has 0 aromatic heterocycles. The predicted molar refractivity (Wildman–Crippen MR) is 124 cm³/mol. The van der Waals surface area contributed by atoms with E-state index >= 15 is 0 Å². The first-order valence-corrected chi connectivity index (χ1v) is 9.64. The van der Waals surface area contributed by atoms with E-state index in [0.717, 1.165) is 6.07 Å². The van der Waals surface area contributed by atoms with Crippen LogP contribution in [0.1, 0.15) is 31.8 Å². The summed E-state index contributed by atoms with van der Waals surface area (Å²) in [5, 5.41) is 13.3. The zero-order chi connectivity index (χ0) is 23.3. The summed E-state index contributed by atoms with van der Waals surface area (Å²) in [7, 11) is 3.35. The van der Waals surface area contributed by atoms with Crippen LogP contribution in [-0.4, -0.2) is 36.6 Å². The van der Waals surface area contributed by atoms with Crippen LogP contribution in [-0.2, 0) is 0 Å². The van der Waals surface area contributed by atoms with Crippen molar-refractivity contribution in [3.05, 3.63) is 94.8 Å². The zero-order valence-corrected chi connectivity index (χ0v) is 17.6. The van der Waals surface area contributed by atoms with E-state index in [2.05, 4.69) is 16.6 Å². The van der Waals surface area contributed by atoms with Crippen molar-refractivity contribution in [2.75, 3.05) is 24.7 Å². The molecule has 0 bridgehead atoms. The number of para-hydroxylation sites is 1. The van der Waals surface area contributed by atoms with E-state index in [0.29, 0.717) is 16.8 Å². The lowest BCUT2D eigenvalue weighted by molar-refractivity contribution is 0.102. The van der Waals surface area contributed by atoms with Crippen LogP contribution >= 0.6 is 0 Å². The summed E-state index contributed by atoms with van der Waals surface area (Å²) in [4.78, 5) is 27.0. The van der Waals surface area contributed by atoms with Gasteiger partial charge < -0.3 is 15.5 Å². The summed E-state index contributed by atoms with van der Waals surface area (Å²) in [6.45, 7) is 0. The molecule has 3 aromatic rings. The van der Waals surface area contributed by atoms with Gasteiger partial charge in [0.25, 0.3) is 11.8 Å². The molecule has 0 atom stereocenters. The molecule has 7 heteroatoms. The van der Waals surface area contributed by atoms with E-state index < -0.39 is 17.6 Å². The van der Waals surface area contributed by atoms with Crippen molar-refractivity contribution in [2.45, 2.75) is 0 Å². The molecule has 160 valence electrons. The van der Waals surface area contributed by atoms with Gasteiger partial charge in [-0.3, -0.25) is 15.0 Å².